The van der Waals surface area contributed by atoms with Crippen LogP contribution in [-0.4, -0.2) is 12.6 Å². The fourth-order valence-electron chi connectivity index (χ4n) is 1.61. The molecule has 1 fully saturated rings. The molecule has 1 heterocycles. The van der Waals surface area contributed by atoms with Gasteiger partial charge in [-0.25, -0.2) is 9.18 Å². The number of carbonyl (C=O) groups excluding carboxylic acids is 1. The van der Waals surface area contributed by atoms with Crippen molar-refractivity contribution in [1.29, 1.82) is 0 Å². The Morgan fingerprint density at radius 1 is 1.40 bits per heavy atom. The smallest absolute Gasteiger partial charge is 0.337 e. The van der Waals surface area contributed by atoms with Crippen molar-refractivity contribution in [1.82, 2.24) is 0 Å². The Bertz CT molecular complexity index is 409. The number of halogens is 1. The predicted octanol–water partition coefficient (Wildman–Crippen LogP) is 2.56. The van der Waals surface area contributed by atoms with Crippen LogP contribution in [0.4, 0.5) is 4.39 Å². The van der Waals surface area contributed by atoms with Crippen molar-refractivity contribution in [2.24, 2.45) is 5.92 Å². The lowest BCUT2D eigenvalue weighted by Gasteiger charge is -2.02. The van der Waals surface area contributed by atoms with Crippen LogP contribution in [0.15, 0.2) is 35.9 Å². The number of carbonyl (C=O) groups is 1. The third kappa shape index (κ3) is 1.77. The topological polar surface area (TPSA) is 26.3 Å². The van der Waals surface area contributed by atoms with Crippen LogP contribution in [0.3, 0.4) is 0 Å². The minimum Gasteiger partial charge on any atom is -0.462 e. The molecule has 2 rings (SSSR count). The van der Waals surface area contributed by atoms with Gasteiger partial charge in [0.15, 0.2) is 0 Å². The minimum atomic E-state index is -0.538. The van der Waals surface area contributed by atoms with Gasteiger partial charge in [-0.3, -0.25) is 0 Å². The Morgan fingerprint density at radius 2 is 2.07 bits per heavy atom. The molecule has 1 aliphatic heterocycles. The molecule has 1 atom stereocenters. The van der Waals surface area contributed by atoms with E-state index in [0.717, 1.165) is 0 Å². The molecule has 1 aliphatic rings. The van der Waals surface area contributed by atoms with E-state index in [4.69, 9.17) is 4.74 Å². The molecule has 15 heavy (non-hydrogen) atoms. The van der Waals surface area contributed by atoms with Crippen LogP contribution in [0, 0.1) is 5.92 Å². The zero-order valence-electron chi connectivity index (χ0n) is 8.37. The highest BCUT2D eigenvalue weighted by atomic mass is 19.1. The standard InChI is InChI=1S/C12H11FO2/c1-8-7-15-12(14)10(8)11(13)9-5-3-2-4-6-9/h2-6,8H,7H2,1H3/b11-10+. The molecule has 2 nitrogen and oxygen atoms in total. The molecule has 3 heteroatoms. The molecular weight excluding hydrogens is 195 g/mol. The maximum Gasteiger partial charge on any atom is 0.337 e. The van der Waals surface area contributed by atoms with E-state index in [1.807, 2.05) is 0 Å². The van der Waals surface area contributed by atoms with Gasteiger partial charge < -0.3 is 4.74 Å². The molecule has 1 aromatic rings. The van der Waals surface area contributed by atoms with E-state index in [1.54, 1.807) is 37.3 Å². The van der Waals surface area contributed by atoms with Gasteiger partial charge in [-0.15, -0.1) is 0 Å². The van der Waals surface area contributed by atoms with Gasteiger partial charge >= 0.3 is 5.97 Å². The van der Waals surface area contributed by atoms with Crippen LogP contribution in [0.2, 0.25) is 0 Å². The van der Waals surface area contributed by atoms with Crippen molar-refractivity contribution < 1.29 is 13.9 Å². The SMILES string of the molecule is CC1COC(=O)/C1=C(/F)c1ccccc1. The largest absolute Gasteiger partial charge is 0.462 e. The summed E-state index contributed by atoms with van der Waals surface area (Å²) in [6.07, 6.45) is 0. The molecule has 0 bridgehead atoms. The average Bonchev–Trinajstić information content (AvgIpc) is 2.59. The summed E-state index contributed by atoms with van der Waals surface area (Å²) >= 11 is 0. The van der Waals surface area contributed by atoms with Crippen LogP contribution < -0.4 is 0 Å². The third-order valence-corrected chi connectivity index (χ3v) is 2.44. The van der Waals surface area contributed by atoms with Crippen molar-refractivity contribution in [2.45, 2.75) is 6.92 Å². The fourth-order valence-corrected chi connectivity index (χ4v) is 1.61. The lowest BCUT2D eigenvalue weighted by Crippen LogP contribution is -2.01. The maximum atomic E-state index is 13.9. The highest BCUT2D eigenvalue weighted by molar-refractivity contribution is 5.98. The van der Waals surface area contributed by atoms with Gasteiger partial charge in [0.25, 0.3) is 0 Å². The van der Waals surface area contributed by atoms with Crippen LogP contribution >= 0.6 is 0 Å². The Morgan fingerprint density at radius 3 is 2.60 bits per heavy atom. The first-order chi connectivity index (χ1) is 7.20. The second-order valence-corrected chi connectivity index (χ2v) is 3.59. The molecule has 1 unspecified atom stereocenters. The first-order valence-electron chi connectivity index (χ1n) is 4.82. The lowest BCUT2D eigenvalue weighted by atomic mass is 10.0. The Balaban J connectivity index is 2.45. The monoisotopic (exact) mass is 206 g/mol. The van der Waals surface area contributed by atoms with E-state index >= 15 is 0 Å². The van der Waals surface area contributed by atoms with Gasteiger partial charge in [0.2, 0.25) is 0 Å². The van der Waals surface area contributed by atoms with E-state index < -0.39 is 11.8 Å². The van der Waals surface area contributed by atoms with Crippen molar-refractivity contribution in [3.05, 3.63) is 41.5 Å². The van der Waals surface area contributed by atoms with Gasteiger partial charge in [-0.05, 0) is 0 Å². The Labute approximate surface area is 87.4 Å². The van der Waals surface area contributed by atoms with Crippen molar-refractivity contribution >= 4 is 11.8 Å². The first kappa shape index (κ1) is 9.90. The average molecular weight is 206 g/mol. The van der Waals surface area contributed by atoms with Gasteiger partial charge in [0.1, 0.15) is 5.83 Å². The number of hydrogen-bond donors (Lipinski definition) is 0. The first-order valence-corrected chi connectivity index (χ1v) is 4.82. The normalized spacial score (nSPS) is 23.9. The molecule has 0 spiro atoms. The highest BCUT2D eigenvalue weighted by Gasteiger charge is 2.31. The molecule has 0 amide bonds. The third-order valence-electron chi connectivity index (χ3n) is 2.44. The molecule has 0 radical (unpaired) electrons. The van der Waals surface area contributed by atoms with E-state index in [0.29, 0.717) is 5.56 Å². The maximum absolute atomic E-state index is 13.9. The summed E-state index contributed by atoms with van der Waals surface area (Å²) in [5.41, 5.74) is 0.583. The number of rotatable bonds is 1. The number of cyclic esters (lactones) is 1. The molecule has 0 aromatic heterocycles. The van der Waals surface area contributed by atoms with E-state index in [1.165, 1.54) is 0 Å². The molecule has 1 aromatic carbocycles. The number of benzene rings is 1. The van der Waals surface area contributed by atoms with Crippen molar-refractivity contribution in [2.75, 3.05) is 6.61 Å². The van der Waals surface area contributed by atoms with Gasteiger partial charge in [-0.2, -0.15) is 0 Å². The Kier molecular flexibility index (Phi) is 2.54. The second kappa shape index (κ2) is 3.85. The Hall–Kier alpha value is -1.64. The number of hydrogen-bond acceptors (Lipinski definition) is 2. The van der Waals surface area contributed by atoms with E-state index in [9.17, 15) is 9.18 Å². The summed E-state index contributed by atoms with van der Waals surface area (Å²) in [6.45, 7) is 2.05. The minimum absolute atomic E-state index is 0.154. The molecule has 0 aliphatic carbocycles. The summed E-state index contributed by atoms with van der Waals surface area (Å²) in [5, 5.41) is 0. The van der Waals surface area contributed by atoms with E-state index in [-0.39, 0.29) is 18.1 Å². The molecule has 0 N–H and O–H groups in total. The van der Waals surface area contributed by atoms with Crippen molar-refractivity contribution in [3.63, 3.8) is 0 Å². The number of ether oxygens (including phenoxy) is 1. The second-order valence-electron chi connectivity index (χ2n) is 3.59. The highest BCUT2D eigenvalue weighted by Crippen LogP contribution is 2.30. The van der Waals surface area contributed by atoms with Crippen molar-refractivity contribution in [3.8, 4) is 0 Å². The summed E-state index contributed by atoms with van der Waals surface area (Å²) in [7, 11) is 0. The van der Waals surface area contributed by atoms with E-state index in [2.05, 4.69) is 0 Å². The van der Waals surface area contributed by atoms with Crippen LogP contribution in [0.25, 0.3) is 5.83 Å². The summed E-state index contributed by atoms with van der Waals surface area (Å²) in [4.78, 5) is 11.3. The molecule has 0 saturated carbocycles. The zero-order chi connectivity index (χ0) is 10.8. The van der Waals surface area contributed by atoms with Crippen LogP contribution in [0.1, 0.15) is 12.5 Å². The van der Waals surface area contributed by atoms with Crippen LogP contribution in [0.5, 0.6) is 0 Å². The summed E-state index contributed by atoms with van der Waals surface area (Å²) in [6, 6.07) is 8.56. The predicted molar refractivity (Wildman–Crippen MR) is 54.6 cm³/mol. The van der Waals surface area contributed by atoms with Gasteiger partial charge in [-0.1, -0.05) is 37.3 Å². The molecule has 1 saturated heterocycles. The lowest BCUT2D eigenvalue weighted by molar-refractivity contribution is -0.135. The quantitative estimate of drug-likeness (QED) is 0.521. The van der Waals surface area contributed by atoms with Gasteiger partial charge in [0, 0.05) is 11.5 Å². The summed E-state index contributed by atoms with van der Waals surface area (Å²) in [5.74, 6) is -1.17. The summed E-state index contributed by atoms with van der Waals surface area (Å²) < 4.78 is 18.7. The number of esters is 1. The van der Waals surface area contributed by atoms with Crippen LogP contribution in [-0.2, 0) is 9.53 Å². The fraction of sp³-hybridized carbons (Fsp3) is 0.250. The zero-order valence-corrected chi connectivity index (χ0v) is 8.37. The molecular formula is C12H11FO2. The van der Waals surface area contributed by atoms with Gasteiger partial charge in [0.05, 0.1) is 12.2 Å². The molecule has 78 valence electrons.